The van der Waals surface area contributed by atoms with Gasteiger partial charge >= 0.3 is 0 Å². The van der Waals surface area contributed by atoms with Crippen LogP contribution in [0.5, 0.6) is 0 Å². The number of hydrogen-bond acceptors (Lipinski definition) is 5. The van der Waals surface area contributed by atoms with Crippen molar-refractivity contribution < 1.29 is 4.79 Å². The summed E-state index contributed by atoms with van der Waals surface area (Å²) in [5.41, 5.74) is 6.90. The zero-order valence-electron chi connectivity index (χ0n) is 10.8. The molecule has 8 heteroatoms. The molecule has 1 amide bonds. The topological polar surface area (TPSA) is 80.9 Å². The second-order valence-electron chi connectivity index (χ2n) is 3.84. The lowest BCUT2D eigenvalue weighted by Gasteiger charge is -2.02. The van der Waals surface area contributed by atoms with Gasteiger partial charge in [-0.2, -0.15) is 0 Å². The first-order valence-corrected chi connectivity index (χ1v) is 6.45. The third-order valence-electron chi connectivity index (χ3n) is 2.30. The van der Waals surface area contributed by atoms with E-state index >= 15 is 0 Å². The number of hydrogen-bond donors (Lipinski definition) is 2. The average molecular weight is 335 g/mol. The first-order chi connectivity index (χ1) is 8.69. The Bertz CT molecular complexity index is 562. The van der Waals surface area contributed by atoms with Crippen molar-refractivity contribution in [2.75, 3.05) is 11.9 Å². The van der Waals surface area contributed by atoms with Gasteiger partial charge in [0.15, 0.2) is 0 Å². The lowest BCUT2D eigenvalue weighted by molar-refractivity contribution is 0.102. The molecule has 0 aromatic carbocycles. The fraction of sp³-hybridized carbons (Fsp3) is 0.250. The predicted molar refractivity (Wildman–Crippen MR) is 86.3 cm³/mol. The van der Waals surface area contributed by atoms with Crippen molar-refractivity contribution in [2.24, 2.45) is 5.73 Å². The highest BCUT2D eigenvalue weighted by Gasteiger charge is 2.11. The monoisotopic (exact) mass is 334 g/mol. The maximum absolute atomic E-state index is 11.9. The summed E-state index contributed by atoms with van der Waals surface area (Å²) >= 11 is 1.44. The van der Waals surface area contributed by atoms with Crippen LogP contribution in [0.15, 0.2) is 23.7 Å². The molecule has 110 valence electrons. The van der Waals surface area contributed by atoms with Crippen LogP contribution in [0.3, 0.4) is 0 Å². The van der Waals surface area contributed by atoms with Crippen LogP contribution in [0.1, 0.15) is 21.1 Å². The summed E-state index contributed by atoms with van der Waals surface area (Å²) < 4.78 is 0. The molecule has 0 aliphatic rings. The Kier molecular flexibility index (Phi) is 8.33. The van der Waals surface area contributed by atoms with Crippen LogP contribution in [0.25, 0.3) is 0 Å². The van der Waals surface area contributed by atoms with Gasteiger partial charge in [-0.25, -0.2) is 9.97 Å². The van der Waals surface area contributed by atoms with E-state index in [0.717, 1.165) is 10.6 Å². The molecule has 0 spiro atoms. The van der Waals surface area contributed by atoms with Crippen molar-refractivity contribution in [3.05, 3.63) is 40.0 Å². The van der Waals surface area contributed by atoms with Gasteiger partial charge in [-0.3, -0.25) is 4.79 Å². The number of nitrogens with two attached hydrogens (primary N) is 1. The fourth-order valence-corrected chi connectivity index (χ4v) is 2.23. The van der Waals surface area contributed by atoms with Crippen LogP contribution in [0, 0.1) is 6.92 Å². The smallest absolute Gasteiger partial charge is 0.276 e. The number of carbonyl (C=O) groups is 1. The zero-order chi connectivity index (χ0) is 13.0. The molecule has 0 bridgehead atoms. The summed E-state index contributed by atoms with van der Waals surface area (Å²) in [7, 11) is 0. The first kappa shape index (κ1) is 18.8. The van der Waals surface area contributed by atoms with Crippen molar-refractivity contribution in [1.29, 1.82) is 0 Å². The van der Waals surface area contributed by atoms with E-state index in [2.05, 4.69) is 15.3 Å². The number of halogens is 2. The van der Waals surface area contributed by atoms with Crippen LogP contribution in [0.4, 0.5) is 5.82 Å². The molecule has 2 aromatic rings. The van der Waals surface area contributed by atoms with Crippen LogP contribution in [-0.4, -0.2) is 22.4 Å². The largest absolute Gasteiger partial charge is 0.330 e. The van der Waals surface area contributed by atoms with Crippen molar-refractivity contribution in [3.63, 3.8) is 0 Å². The van der Waals surface area contributed by atoms with E-state index in [4.69, 9.17) is 5.73 Å². The Morgan fingerprint density at radius 1 is 1.45 bits per heavy atom. The summed E-state index contributed by atoms with van der Waals surface area (Å²) in [6.45, 7) is 2.48. The summed E-state index contributed by atoms with van der Waals surface area (Å²) in [6, 6.07) is 3.68. The van der Waals surface area contributed by atoms with E-state index in [1.807, 2.05) is 19.1 Å². The van der Waals surface area contributed by atoms with Crippen molar-refractivity contribution in [3.8, 4) is 0 Å². The highest BCUT2D eigenvalue weighted by atomic mass is 35.5. The third kappa shape index (κ3) is 5.05. The van der Waals surface area contributed by atoms with Gasteiger partial charge in [0.2, 0.25) is 0 Å². The molecule has 20 heavy (non-hydrogen) atoms. The number of amides is 1. The second kappa shape index (κ2) is 8.86. The Balaban J connectivity index is 0.00000180. The van der Waals surface area contributed by atoms with Crippen molar-refractivity contribution >= 4 is 47.9 Å². The van der Waals surface area contributed by atoms with Crippen LogP contribution in [-0.2, 0) is 6.42 Å². The Hall–Kier alpha value is -1.21. The van der Waals surface area contributed by atoms with Crippen LogP contribution >= 0.6 is 36.2 Å². The number of anilines is 1. The molecular formula is C12H16Cl2N4OS. The highest BCUT2D eigenvalue weighted by molar-refractivity contribution is 7.09. The van der Waals surface area contributed by atoms with E-state index in [-0.39, 0.29) is 30.7 Å². The van der Waals surface area contributed by atoms with Gasteiger partial charge in [0.1, 0.15) is 11.5 Å². The van der Waals surface area contributed by atoms with Gasteiger partial charge in [-0.05, 0) is 31.2 Å². The number of nitrogens with zero attached hydrogens (tertiary/aromatic N) is 2. The summed E-state index contributed by atoms with van der Waals surface area (Å²) in [6.07, 6.45) is 2.35. The van der Waals surface area contributed by atoms with Gasteiger partial charge in [-0.15, -0.1) is 36.2 Å². The van der Waals surface area contributed by atoms with Crippen molar-refractivity contribution in [2.45, 2.75) is 13.3 Å². The number of rotatable bonds is 4. The summed E-state index contributed by atoms with van der Waals surface area (Å²) in [5.74, 6) is 0.293. The molecule has 0 atom stereocenters. The van der Waals surface area contributed by atoms with Gasteiger partial charge in [0, 0.05) is 18.0 Å². The summed E-state index contributed by atoms with van der Waals surface area (Å²) in [5, 5.41) is 5.32. The normalized spacial score (nSPS) is 9.30. The maximum atomic E-state index is 11.9. The minimum absolute atomic E-state index is 0. The quantitative estimate of drug-likeness (QED) is 0.899. The Morgan fingerprint density at radius 3 is 2.85 bits per heavy atom. The fourth-order valence-electron chi connectivity index (χ4n) is 1.44. The molecule has 5 nitrogen and oxygen atoms in total. The zero-order valence-corrected chi connectivity index (χ0v) is 13.3. The molecule has 2 rings (SSSR count). The second-order valence-corrected chi connectivity index (χ2v) is 4.78. The number of aryl methyl sites for hydroxylation is 1. The Labute approximate surface area is 133 Å². The molecule has 0 saturated carbocycles. The molecular weight excluding hydrogens is 319 g/mol. The van der Waals surface area contributed by atoms with E-state index in [9.17, 15) is 4.79 Å². The molecule has 0 saturated heterocycles. The van der Waals surface area contributed by atoms with Gasteiger partial charge in [0.25, 0.3) is 5.91 Å². The molecule has 0 radical (unpaired) electrons. The number of thiazole rings is 1. The molecule has 0 unspecified atom stereocenters. The van der Waals surface area contributed by atoms with Gasteiger partial charge in [0.05, 0.1) is 5.01 Å². The van der Waals surface area contributed by atoms with Gasteiger partial charge in [-0.1, -0.05) is 0 Å². The number of carbonyl (C=O) groups excluding carboxylic acids is 1. The molecule has 0 fully saturated rings. The van der Waals surface area contributed by atoms with E-state index in [1.165, 1.54) is 11.3 Å². The molecule has 0 aliphatic heterocycles. The molecule has 2 aromatic heterocycles. The Morgan fingerprint density at radius 2 is 2.20 bits per heavy atom. The molecule has 3 N–H and O–H groups in total. The minimum Gasteiger partial charge on any atom is -0.330 e. The van der Waals surface area contributed by atoms with Crippen molar-refractivity contribution in [1.82, 2.24) is 9.97 Å². The molecule has 0 aliphatic carbocycles. The maximum Gasteiger partial charge on any atom is 0.276 e. The SMILES string of the molecule is Cc1ccnc(NC(=O)c2csc(CCN)n2)c1.Cl.Cl. The minimum atomic E-state index is -0.243. The standard InChI is InChI=1S/C12H14N4OS.2ClH/c1-8-3-5-14-10(6-8)16-12(17)9-7-18-11(15-9)2-4-13;;/h3,5-7H,2,4,13H2,1H3,(H,14,16,17);2*1H. The molecule has 2 heterocycles. The number of nitrogens with one attached hydrogen (secondary N) is 1. The number of pyridine rings is 1. The summed E-state index contributed by atoms with van der Waals surface area (Å²) in [4.78, 5) is 20.2. The lowest BCUT2D eigenvalue weighted by Crippen LogP contribution is -2.13. The lowest BCUT2D eigenvalue weighted by atomic mass is 10.3. The van der Waals surface area contributed by atoms with E-state index in [1.54, 1.807) is 11.6 Å². The highest BCUT2D eigenvalue weighted by Crippen LogP contribution is 2.12. The average Bonchev–Trinajstić information content (AvgIpc) is 2.78. The first-order valence-electron chi connectivity index (χ1n) is 5.57. The van der Waals surface area contributed by atoms with E-state index < -0.39 is 0 Å². The number of aromatic nitrogens is 2. The predicted octanol–water partition coefficient (Wildman–Crippen LogP) is 2.44. The van der Waals surface area contributed by atoms with Crippen LogP contribution < -0.4 is 11.1 Å². The van der Waals surface area contributed by atoms with Gasteiger partial charge < -0.3 is 11.1 Å². The third-order valence-corrected chi connectivity index (χ3v) is 3.21. The van der Waals surface area contributed by atoms with Crippen LogP contribution in [0.2, 0.25) is 0 Å². The van der Waals surface area contributed by atoms with E-state index in [0.29, 0.717) is 24.5 Å².